The number of hydrogen-bond donors (Lipinski definition) is 0. The van der Waals surface area contributed by atoms with Gasteiger partial charge in [0.1, 0.15) is 12.7 Å². The topological polar surface area (TPSA) is 77.7 Å². The molecule has 0 aromatic carbocycles. The van der Waals surface area contributed by atoms with Gasteiger partial charge in [0, 0.05) is 12.8 Å². The number of unbranched alkanes of at least 4 members (excludes halogenated alkanes) is 12. The lowest BCUT2D eigenvalue weighted by Crippen LogP contribution is -2.22. The highest BCUT2D eigenvalue weighted by Gasteiger charge is 2.37. The van der Waals surface area contributed by atoms with Crippen molar-refractivity contribution >= 4 is 11.9 Å². The summed E-state index contributed by atoms with van der Waals surface area (Å²) in [7, 11) is 0. The second-order valence-corrected chi connectivity index (χ2v) is 12.0. The fourth-order valence-electron chi connectivity index (χ4n) is 5.54. The lowest BCUT2D eigenvalue weighted by molar-refractivity contribution is -0.158. The van der Waals surface area contributed by atoms with Crippen molar-refractivity contribution in [2.75, 3.05) is 6.61 Å². The minimum atomic E-state index is -0.382. The van der Waals surface area contributed by atoms with Crippen molar-refractivity contribution in [1.29, 1.82) is 0 Å². The SMILES string of the molecule is CCCC1OC1CCCCCCCCCC(=O)OCC(C)OC(=O)CCCCCCCCCC1OC1CCC. The Balaban J connectivity index is 1.28. The summed E-state index contributed by atoms with van der Waals surface area (Å²) in [5.41, 5.74) is 0. The first-order chi connectivity index (χ1) is 19.0. The molecule has 39 heavy (non-hydrogen) atoms. The van der Waals surface area contributed by atoms with Gasteiger partial charge in [-0.25, -0.2) is 0 Å². The summed E-state index contributed by atoms with van der Waals surface area (Å²) < 4.78 is 22.1. The average molecular weight is 553 g/mol. The minimum Gasteiger partial charge on any atom is -0.462 e. The van der Waals surface area contributed by atoms with E-state index in [0.29, 0.717) is 37.3 Å². The molecule has 2 aliphatic rings. The summed E-state index contributed by atoms with van der Waals surface area (Å²) in [6.07, 6.45) is 26.4. The highest BCUT2D eigenvalue weighted by molar-refractivity contribution is 5.70. The minimum absolute atomic E-state index is 0.152. The van der Waals surface area contributed by atoms with Gasteiger partial charge in [0.2, 0.25) is 0 Å². The molecule has 0 aliphatic carbocycles. The van der Waals surface area contributed by atoms with Gasteiger partial charge in [0.25, 0.3) is 0 Å². The van der Waals surface area contributed by atoms with Gasteiger partial charge in [0.15, 0.2) is 0 Å². The Morgan fingerprint density at radius 3 is 1.41 bits per heavy atom. The first-order valence-electron chi connectivity index (χ1n) is 16.7. The lowest BCUT2D eigenvalue weighted by Gasteiger charge is -2.13. The molecule has 0 spiro atoms. The third kappa shape index (κ3) is 18.0. The van der Waals surface area contributed by atoms with E-state index in [9.17, 15) is 9.59 Å². The number of carbonyl (C=O) groups is 2. The zero-order valence-corrected chi connectivity index (χ0v) is 25.6. The molecule has 2 fully saturated rings. The van der Waals surface area contributed by atoms with Crippen molar-refractivity contribution in [3.63, 3.8) is 0 Å². The molecule has 228 valence electrons. The fraction of sp³-hybridized carbons (Fsp3) is 0.939. The summed E-state index contributed by atoms with van der Waals surface area (Å²) >= 11 is 0. The number of ether oxygens (including phenoxy) is 4. The molecule has 0 bridgehead atoms. The number of epoxide rings is 2. The maximum absolute atomic E-state index is 12.0. The van der Waals surface area contributed by atoms with Gasteiger partial charge in [-0.15, -0.1) is 0 Å². The van der Waals surface area contributed by atoms with Gasteiger partial charge in [-0.3, -0.25) is 9.59 Å². The molecular weight excluding hydrogens is 492 g/mol. The van der Waals surface area contributed by atoms with Crippen LogP contribution in [0.5, 0.6) is 0 Å². The second-order valence-electron chi connectivity index (χ2n) is 12.0. The Hall–Kier alpha value is -1.14. The van der Waals surface area contributed by atoms with Crippen LogP contribution in [0, 0.1) is 0 Å². The van der Waals surface area contributed by atoms with Crippen molar-refractivity contribution in [3.8, 4) is 0 Å². The van der Waals surface area contributed by atoms with Crippen LogP contribution >= 0.6 is 0 Å². The monoisotopic (exact) mass is 552 g/mol. The molecule has 2 saturated heterocycles. The predicted molar refractivity (Wildman–Crippen MR) is 157 cm³/mol. The zero-order valence-electron chi connectivity index (χ0n) is 25.6. The fourth-order valence-corrected chi connectivity index (χ4v) is 5.54. The Kier molecular flexibility index (Phi) is 18.9. The van der Waals surface area contributed by atoms with E-state index >= 15 is 0 Å². The second kappa shape index (κ2) is 21.6. The molecule has 2 heterocycles. The quantitative estimate of drug-likeness (QED) is 0.0577. The van der Waals surface area contributed by atoms with Crippen LogP contribution in [0.1, 0.15) is 162 Å². The molecule has 0 saturated carbocycles. The van der Waals surface area contributed by atoms with E-state index < -0.39 is 0 Å². The maximum atomic E-state index is 12.0. The molecule has 0 N–H and O–H groups in total. The maximum Gasteiger partial charge on any atom is 0.306 e. The largest absolute Gasteiger partial charge is 0.462 e. The van der Waals surface area contributed by atoms with E-state index in [1.165, 1.54) is 103 Å². The van der Waals surface area contributed by atoms with E-state index in [1.54, 1.807) is 6.92 Å². The molecule has 0 amide bonds. The van der Waals surface area contributed by atoms with Crippen LogP contribution in [0.4, 0.5) is 0 Å². The van der Waals surface area contributed by atoms with Gasteiger partial charge in [-0.05, 0) is 45.4 Å². The van der Waals surface area contributed by atoms with Crippen LogP contribution < -0.4 is 0 Å². The van der Waals surface area contributed by atoms with Crippen LogP contribution in [0.15, 0.2) is 0 Å². The zero-order chi connectivity index (χ0) is 28.1. The summed E-state index contributed by atoms with van der Waals surface area (Å²) in [6, 6.07) is 0. The Bertz CT molecular complexity index is 638. The molecule has 5 unspecified atom stereocenters. The van der Waals surface area contributed by atoms with Crippen molar-refractivity contribution in [2.45, 2.75) is 193 Å². The smallest absolute Gasteiger partial charge is 0.306 e. The lowest BCUT2D eigenvalue weighted by atomic mass is 10.0. The van der Waals surface area contributed by atoms with Crippen LogP contribution in [0.2, 0.25) is 0 Å². The Morgan fingerprint density at radius 1 is 0.564 bits per heavy atom. The number of esters is 2. The highest BCUT2D eigenvalue weighted by Crippen LogP contribution is 2.31. The van der Waals surface area contributed by atoms with Gasteiger partial charge in [0.05, 0.1) is 24.4 Å². The van der Waals surface area contributed by atoms with Crippen molar-refractivity contribution in [2.24, 2.45) is 0 Å². The summed E-state index contributed by atoms with van der Waals surface area (Å²) in [5.74, 6) is -0.371. The van der Waals surface area contributed by atoms with Crippen LogP contribution in [-0.4, -0.2) is 49.1 Å². The van der Waals surface area contributed by atoms with Crippen molar-refractivity contribution in [1.82, 2.24) is 0 Å². The molecular formula is C33H60O6. The predicted octanol–water partition coefficient (Wildman–Crippen LogP) is 8.62. The van der Waals surface area contributed by atoms with Gasteiger partial charge in [-0.2, -0.15) is 0 Å². The van der Waals surface area contributed by atoms with Gasteiger partial charge in [-0.1, -0.05) is 104 Å². The summed E-state index contributed by atoms with van der Waals surface area (Å²) in [5, 5.41) is 0. The van der Waals surface area contributed by atoms with Crippen LogP contribution in [0.3, 0.4) is 0 Å². The first-order valence-corrected chi connectivity index (χ1v) is 16.7. The van der Waals surface area contributed by atoms with Gasteiger partial charge < -0.3 is 18.9 Å². The van der Waals surface area contributed by atoms with E-state index in [4.69, 9.17) is 18.9 Å². The van der Waals surface area contributed by atoms with Gasteiger partial charge >= 0.3 is 11.9 Å². The first kappa shape index (κ1) is 34.1. The van der Waals surface area contributed by atoms with Crippen LogP contribution in [-0.2, 0) is 28.5 Å². The summed E-state index contributed by atoms with van der Waals surface area (Å²) in [6.45, 7) is 6.38. The highest BCUT2D eigenvalue weighted by atomic mass is 16.6. The third-order valence-electron chi connectivity index (χ3n) is 8.07. The molecule has 2 aliphatic heterocycles. The standard InChI is InChI=1S/C33H60O6/c1-4-20-28-30(38-28)22-16-12-8-6-10-14-18-24-32(34)36-26-27(3)37-33(35)25-19-15-11-7-9-13-17-23-31-29(39-31)21-5-2/h27-31H,4-26H2,1-3H3. The molecule has 2 rings (SSSR count). The van der Waals surface area contributed by atoms with E-state index in [2.05, 4.69) is 13.8 Å². The normalized spacial score (nSPS) is 22.4. The third-order valence-corrected chi connectivity index (χ3v) is 8.07. The number of hydrogen-bond acceptors (Lipinski definition) is 6. The van der Waals surface area contributed by atoms with Crippen molar-refractivity contribution in [3.05, 3.63) is 0 Å². The Labute approximate surface area is 239 Å². The summed E-state index contributed by atoms with van der Waals surface area (Å²) in [4.78, 5) is 24.0. The number of rotatable bonds is 27. The molecule has 6 heteroatoms. The van der Waals surface area contributed by atoms with E-state index in [-0.39, 0.29) is 24.6 Å². The molecule has 6 nitrogen and oxygen atoms in total. The average Bonchev–Trinajstić information content (AvgIpc) is 3.83. The molecule has 0 aromatic heterocycles. The molecule has 0 aromatic rings. The van der Waals surface area contributed by atoms with Crippen molar-refractivity contribution < 1.29 is 28.5 Å². The molecule has 5 atom stereocenters. The van der Waals surface area contributed by atoms with E-state index in [0.717, 1.165) is 25.7 Å². The van der Waals surface area contributed by atoms with E-state index in [1.807, 2.05) is 0 Å². The number of carbonyl (C=O) groups excluding carboxylic acids is 2. The Morgan fingerprint density at radius 2 is 0.949 bits per heavy atom. The molecule has 0 radical (unpaired) electrons. The van der Waals surface area contributed by atoms with Crippen LogP contribution in [0.25, 0.3) is 0 Å².